The summed E-state index contributed by atoms with van der Waals surface area (Å²) in [6, 6.07) is 46.5. The quantitative estimate of drug-likeness (QED) is 0.0530. The number of fused-ring (bicyclic) bond motifs is 6. The molecule has 0 saturated carbocycles. The second-order valence-corrected chi connectivity index (χ2v) is 20.1. The van der Waals surface area contributed by atoms with Crippen molar-refractivity contribution >= 4 is 61.7 Å². The summed E-state index contributed by atoms with van der Waals surface area (Å²) >= 11 is 0. The molecule has 2 unspecified atom stereocenters. The first-order chi connectivity index (χ1) is 39.3. The van der Waals surface area contributed by atoms with E-state index in [9.17, 15) is 0 Å². The predicted octanol–water partition coefficient (Wildman–Crippen LogP) is 19.0. The van der Waals surface area contributed by atoms with E-state index in [2.05, 4.69) is 234 Å². The fourth-order valence-electron chi connectivity index (χ4n) is 10.9. The van der Waals surface area contributed by atoms with Crippen LogP contribution in [-0.4, -0.2) is 16.3 Å². The molecule has 2 aromatic heterocycles. The standard InChI is InChI=1S/C76H68N2O2/c1-8-23-59-25-13-14-26-64(59)53-78(65(12-5)24-9-2)55(7)38-37-54(6)58-47-49-66(50-48-58)77(51-21-27-56(10-3)60-39-43-62(44-40-60)67-31-19-33-71-69-29-15-17-35-73(69)79-75(67)71)52-22-28-57(11-4)61-41-45-63(46-42-61)68-32-20-34-72-70-30-16-18-36-74(70)80-76(68)72/h8-26,28-43,45-47,49,51,53,56,62H,1-3,5-7,27,44,48,50,52H2,4H3. The van der Waals surface area contributed by atoms with Crippen molar-refractivity contribution in [2.45, 2.75) is 38.5 Å². The van der Waals surface area contributed by atoms with Crippen LogP contribution in [0.4, 0.5) is 0 Å². The normalized spacial score (nSPS) is 16.0. The molecular formula is C76H68N2O2. The predicted molar refractivity (Wildman–Crippen MR) is 342 cm³/mol. The Kier molecular flexibility index (Phi) is 16.9. The van der Waals surface area contributed by atoms with Crippen LogP contribution in [0.25, 0.3) is 72.9 Å². The average molecular weight is 1040 g/mol. The van der Waals surface area contributed by atoms with Crippen molar-refractivity contribution in [3.63, 3.8) is 0 Å². The summed E-state index contributed by atoms with van der Waals surface area (Å²) < 4.78 is 12.8. The molecule has 0 spiro atoms. The molecule has 0 N–H and O–H groups in total. The monoisotopic (exact) mass is 1040 g/mol. The first-order valence-corrected chi connectivity index (χ1v) is 27.6. The Morgan fingerprint density at radius 3 is 2.06 bits per heavy atom. The molecule has 2 aliphatic carbocycles. The lowest BCUT2D eigenvalue weighted by atomic mass is 9.84. The molecule has 10 rings (SSSR count). The number of nitrogens with zero attached hydrogens (tertiary/aromatic N) is 2. The second-order valence-electron chi connectivity index (χ2n) is 20.1. The number of hydrogen-bond acceptors (Lipinski definition) is 4. The van der Waals surface area contributed by atoms with E-state index in [0.29, 0.717) is 6.54 Å². The Morgan fingerprint density at radius 2 is 1.39 bits per heavy atom. The summed E-state index contributed by atoms with van der Waals surface area (Å²) in [5.41, 5.74) is 15.7. The van der Waals surface area contributed by atoms with E-state index in [1.54, 1.807) is 12.2 Å². The maximum absolute atomic E-state index is 6.43. The molecule has 2 atom stereocenters. The third-order valence-electron chi connectivity index (χ3n) is 15.2. The third kappa shape index (κ3) is 11.8. The molecule has 394 valence electrons. The molecule has 8 aromatic rings. The topological polar surface area (TPSA) is 32.8 Å². The lowest BCUT2D eigenvalue weighted by Gasteiger charge is -2.26. The van der Waals surface area contributed by atoms with Crippen LogP contribution in [0.15, 0.2) is 319 Å². The zero-order valence-electron chi connectivity index (χ0n) is 45.8. The summed E-state index contributed by atoms with van der Waals surface area (Å²) in [4.78, 5) is 4.40. The second kappa shape index (κ2) is 25.2. The van der Waals surface area contributed by atoms with Gasteiger partial charge in [0.05, 0.1) is 0 Å². The number of furan rings is 2. The van der Waals surface area contributed by atoms with E-state index in [1.165, 1.54) is 27.8 Å². The van der Waals surface area contributed by atoms with Gasteiger partial charge < -0.3 is 18.6 Å². The van der Waals surface area contributed by atoms with Crippen LogP contribution >= 0.6 is 0 Å². The molecule has 0 aliphatic heterocycles. The van der Waals surface area contributed by atoms with E-state index >= 15 is 0 Å². The lowest BCUT2D eigenvalue weighted by molar-refractivity contribution is 0.486. The number of para-hydroxylation sites is 4. The van der Waals surface area contributed by atoms with Gasteiger partial charge in [-0.1, -0.05) is 233 Å². The smallest absolute Gasteiger partial charge is 0.143 e. The van der Waals surface area contributed by atoms with Gasteiger partial charge in [-0.05, 0) is 113 Å². The zero-order chi connectivity index (χ0) is 55.4. The van der Waals surface area contributed by atoms with E-state index in [0.717, 1.165) is 114 Å². The number of benzene rings is 6. The SMILES string of the molecule is C=CC=C(C=C)N(C=c1ccccc1=CC=C)C(=C)C=CC(=C)C1=CC=C(N(C=CCC(C=C)C2=CCC(c3cccc4c3oc3ccccc34)C=C2)CC=CC(=CC)c2ccc(-c3cccc4c3oc3ccccc34)cc2)CC1. The van der Waals surface area contributed by atoms with Crippen LogP contribution in [-0.2, 0) is 0 Å². The van der Waals surface area contributed by atoms with Crippen LogP contribution in [0.5, 0.6) is 0 Å². The van der Waals surface area contributed by atoms with Gasteiger partial charge in [0.2, 0.25) is 0 Å². The van der Waals surface area contributed by atoms with Crippen LogP contribution in [0.2, 0.25) is 0 Å². The average Bonchev–Trinajstić information content (AvgIpc) is 4.18. The van der Waals surface area contributed by atoms with Crippen LogP contribution in [0.1, 0.15) is 49.7 Å². The molecule has 2 aliphatic rings. The van der Waals surface area contributed by atoms with Gasteiger partial charge in [-0.25, -0.2) is 0 Å². The van der Waals surface area contributed by atoms with Crippen molar-refractivity contribution in [3.8, 4) is 11.1 Å². The van der Waals surface area contributed by atoms with Crippen molar-refractivity contribution < 1.29 is 8.83 Å². The summed E-state index contributed by atoms with van der Waals surface area (Å²) in [5.74, 6) is 0.400. The molecule has 4 heteroatoms. The molecule has 2 heterocycles. The minimum Gasteiger partial charge on any atom is -0.456 e. The lowest BCUT2D eigenvalue weighted by Crippen LogP contribution is -2.28. The van der Waals surface area contributed by atoms with Gasteiger partial charge >= 0.3 is 0 Å². The Bertz CT molecular complexity index is 4130. The highest BCUT2D eigenvalue weighted by Gasteiger charge is 2.21. The van der Waals surface area contributed by atoms with Gasteiger partial charge in [0.1, 0.15) is 22.3 Å². The number of rotatable bonds is 21. The highest BCUT2D eigenvalue weighted by Crippen LogP contribution is 2.39. The minimum absolute atomic E-state index is 0.166. The maximum Gasteiger partial charge on any atom is 0.143 e. The molecule has 0 fully saturated rings. The molecule has 0 radical (unpaired) electrons. The molecule has 4 nitrogen and oxygen atoms in total. The van der Waals surface area contributed by atoms with E-state index in [4.69, 9.17) is 8.83 Å². The number of allylic oxidation sites excluding steroid dienone is 20. The van der Waals surface area contributed by atoms with Crippen molar-refractivity contribution in [1.29, 1.82) is 0 Å². The summed E-state index contributed by atoms with van der Waals surface area (Å²) in [6.07, 6.45) is 43.7. The maximum atomic E-state index is 6.43. The molecule has 0 saturated heterocycles. The van der Waals surface area contributed by atoms with Gasteiger partial charge in [0, 0.05) is 80.5 Å². The van der Waals surface area contributed by atoms with Crippen molar-refractivity contribution in [1.82, 2.24) is 9.80 Å². The molecule has 80 heavy (non-hydrogen) atoms. The summed E-state index contributed by atoms with van der Waals surface area (Å²) in [6.45, 7) is 28.1. The van der Waals surface area contributed by atoms with Crippen LogP contribution in [0.3, 0.4) is 0 Å². The molecule has 0 amide bonds. The fourth-order valence-corrected chi connectivity index (χ4v) is 10.9. The van der Waals surface area contributed by atoms with Crippen molar-refractivity contribution in [3.05, 3.63) is 332 Å². The van der Waals surface area contributed by atoms with E-state index in [-0.39, 0.29) is 11.8 Å². The number of hydrogen-bond donors (Lipinski definition) is 0. The van der Waals surface area contributed by atoms with Crippen LogP contribution < -0.4 is 10.4 Å². The van der Waals surface area contributed by atoms with Gasteiger partial charge in [0.25, 0.3) is 0 Å². The van der Waals surface area contributed by atoms with Gasteiger partial charge in [-0.3, -0.25) is 0 Å². The highest BCUT2D eigenvalue weighted by molar-refractivity contribution is 6.09. The molecular weight excluding hydrogens is 973 g/mol. The molecule has 0 bridgehead atoms. The van der Waals surface area contributed by atoms with E-state index < -0.39 is 0 Å². The largest absolute Gasteiger partial charge is 0.456 e. The Labute approximate surface area is 471 Å². The fraction of sp³-hybridized carbons (Fsp3) is 0.105. The zero-order valence-corrected chi connectivity index (χ0v) is 45.8. The Balaban J connectivity index is 0.874. The minimum atomic E-state index is 0.166. The Hall–Kier alpha value is -9.64. The van der Waals surface area contributed by atoms with Gasteiger partial charge in [-0.15, -0.1) is 6.58 Å². The van der Waals surface area contributed by atoms with E-state index in [1.807, 2.05) is 59.5 Å². The highest BCUT2D eigenvalue weighted by atomic mass is 16.3. The van der Waals surface area contributed by atoms with Gasteiger partial charge in [0.15, 0.2) is 0 Å². The third-order valence-corrected chi connectivity index (χ3v) is 15.2. The van der Waals surface area contributed by atoms with Crippen molar-refractivity contribution in [2.75, 3.05) is 6.54 Å². The summed E-state index contributed by atoms with van der Waals surface area (Å²) in [5, 5.41) is 6.66. The summed E-state index contributed by atoms with van der Waals surface area (Å²) in [7, 11) is 0. The Morgan fingerprint density at radius 1 is 0.688 bits per heavy atom. The van der Waals surface area contributed by atoms with Crippen molar-refractivity contribution in [2.24, 2.45) is 5.92 Å². The molecule has 6 aromatic carbocycles. The van der Waals surface area contributed by atoms with Gasteiger partial charge in [-0.2, -0.15) is 0 Å². The van der Waals surface area contributed by atoms with Crippen LogP contribution in [0, 0.1) is 5.92 Å². The first kappa shape index (κ1) is 53.7. The first-order valence-electron chi connectivity index (χ1n) is 27.6.